The van der Waals surface area contributed by atoms with E-state index in [1.807, 2.05) is 24.3 Å². The average molecular weight is 381 g/mol. The molecule has 0 saturated heterocycles. The number of rotatable bonds is 10. The summed E-state index contributed by atoms with van der Waals surface area (Å²) in [6.45, 7) is 2.77. The average Bonchev–Trinajstić information content (AvgIpc) is 2.70. The molecular formula is C22H23NO5. The van der Waals surface area contributed by atoms with Crippen LogP contribution in [0.4, 0.5) is 0 Å². The Morgan fingerprint density at radius 2 is 1.82 bits per heavy atom. The number of methoxy groups -OCH3 is 1. The lowest BCUT2D eigenvalue weighted by Gasteiger charge is -2.12. The SMILES string of the molecule is CCCc1ccc(OCCOc2cc(C=C(C#N)C(=O)O)ccc2OC)cc1. The molecular weight excluding hydrogens is 358 g/mol. The summed E-state index contributed by atoms with van der Waals surface area (Å²) in [7, 11) is 1.52. The van der Waals surface area contributed by atoms with Gasteiger partial charge in [-0.25, -0.2) is 4.79 Å². The molecule has 2 aromatic carbocycles. The van der Waals surface area contributed by atoms with Gasteiger partial charge in [-0.05, 0) is 47.9 Å². The van der Waals surface area contributed by atoms with Gasteiger partial charge >= 0.3 is 5.97 Å². The number of carboxylic acid groups (broad SMARTS) is 1. The molecule has 0 aliphatic heterocycles. The van der Waals surface area contributed by atoms with E-state index in [1.54, 1.807) is 24.3 Å². The molecule has 0 unspecified atom stereocenters. The van der Waals surface area contributed by atoms with Gasteiger partial charge in [0.25, 0.3) is 0 Å². The summed E-state index contributed by atoms with van der Waals surface area (Å²) < 4.78 is 16.7. The smallest absolute Gasteiger partial charge is 0.346 e. The molecule has 146 valence electrons. The summed E-state index contributed by atoms with van der Waals surface area (Å²) >= 11 is 0. The fourth-order valence-electron chi connectivity index (χ4n) is 2.56. The van der Waals surface area contributed by atoms with Crippen LogP contribution in [0.25, 0.3) is 6.08 Å². The van der Waals surface area contributed by atoms with Crippen LogP contribution in [0.15, 0.2) is 48.0 Å². The molecule has 0 aromatic heterocycles. The molecule has 0 aliphatic carbocycles. The van der Waals surface area contributed by atoms with Gasteiger partial charge in [0.2, 0.25) is 0 Å². The van der Waals surface area contributed by atoms with Gasteiger partial charge in [0.05, 0.1) is 7.11 Å². The molecule has 6 heteroatoms. The predicted molar refractivity (Wildman–Crippen MR) is 106 cm³/mol. The maximum Gasteiger partial charge on any atom is 0.346 e. The number of hydrogen-bond acceptors (Lipinski definition) is 5. The fraction of sp³-hybridized carbons (Fsp3) is 0.273. The number of benzene rings is 2. The molecule has 0 radical (unpaired) electrons. The van der Waals surface area contributed by atoms with Crippen molar-refractivity contribution in [2.45, 2.75) is 19.8 Å². The van der Waals surface area contributed by atoms with Crippen LogP contribution in [0.1, 0.15) is 24.5 Å². The lowest BCUT2D eigenvalue weighted by atomic mass is 10.1. The highest BCUT2D eigenvalue weighted by Crippen LogP contribution is 2.29. The highest BCUT2D eigenvalue weighted by atomic mass is 16.5. The molecule has 0 atom stereocenters. The molecule has 0 saturated carbocycles. The number of carboxylic acids is 1. The second-order valence-electron chi connectivity index (χ2n) is 5.98. The van der Waals surface area contributed by atoms with E-state index in [2.05, 4.69) is 6.92 Å². The van der Waals surface area contributed by atoms with Gasteiger partial charge in [-0.15, -0.1) is 0 Å². The second kappa shape index (κ2) is 10.6. The van der Waals surface area contributed by atoms with Crippen LogP contribution in [-0.4, -0.2) is 31.4 Å². The Hall–Kier alpha value is -3.46. The molecule has 0 aliphatic rings. The van der Waals surface area contributed by atoms with Gasteiger partial charge in [-0.1, -0.05) is 31.5 Å². The Morgan fingerprint density at radius 3 is 2.43 bits per heavy atom. The van der Waals surface area contributed by atoms with Crippen molar-refractivity contribution < 1.29 is 24.1 Å². The van der Waals surface area contributed by atoms with Crippen molar-refractivity contribution in [3.8, 4) is 23.3 Å². The first kappa shape index (κ1) is 20.8. The number of nitrogens with zero attached hydrogens (tertiary/aromatic N) is 1. The number of aliphatic carboxylic acids is 1. The van der Waals surface area contributed by atoms with Crippen LogP contribution < -0.4 is 14.2 Å². The zero-order valence-electron chi connectivity index (χ0n) is 16.0. The summed E-state index contributed by atoms with van der Waals surface area (Å²) in [5.74, 6) is 0.446. The van der Waals surface area contributed by atoms with Gasteiger partial charge in [-0.2, -0.15) is 5.26 Å². The standard InChI is InChI=1S/C22H23NO5/c1-3-4-16-5-8-19(9-6-16)27-11-12-28-21-14-17(7-10-20(21)26-2)13-18(15-23)22(24)25/h5-10,13-14H,3-4,11-12H2,1-2H3,(H,24,25). The minimum absolute atomic E-state index is 0.282. The van der Waals surface area contributed by atoms with E-state index in [9.17, 15) is 4.79 Å². The Morgan fingerprint density at radius 1 is 1.11 bits per heavy atom. The van der Waals surface area contributed by atoms with Crippen LogP contribution >= 0.6 is 0 Å². The zero-order valence-corrected chi connectivity index (χ0v) is 16.0. The molecule has 2 aromatic rings. The third-order valence-corrected chi connectivity index (χ3v) is 3.92. The Balaban J connectivity index is 1.98. The third kappa shape index (κ3) is 6.06. The summed E-state index contributed by atoms with van der Waals surface area (Å²) in [5, 5.41) is 17.9. The lowest BCUT2D eigenvalue weighted by Crippen LogP contribution is -2.09. The lowest BCUT2D eigenvalue weighted by molar-refractivity contribution is -0.132. The Kier molecular flexibility index (Phi) is 7.92. The van der Waals surface area contributed by atoms with Gasteiger partial charge < -0.3 is 19.3 Å². The normalized spacial score (nSPS) is 10.8. The Bertz CT molecular complexity index is 865. The van der Waals surface area contributed by atoms with E-state index in [-0.39, 0.29) is 12.2 Å². The van der Waals surface area contributed by atoms with Crippen molar-refractivity contribution in [3.05, 3.63) is 59.2 Å². The van der Waals surface area contributed by atoms with Crippen LogP contribution in [0.3, 0.4) is 0 Å². The van der Waals surface area contributed by atoms with E-state index < -0.39 is 5.97 Å². The predicted octanol–water partition coefficient (Wildman–Crippen LogP) is 4.10. The van der Waals surface area contributed by atoms with E-state index in [1.165, 1.54) is 18.7 Å². The second-order valence-corrected chi connectivity index (χ2v) is 5.98. The topological polar surface area (TPSA) is 88.8 Å². The van der Waals surface area contributed by atoms with Crippen LogP contribution in [0, 0.1) is 11.3 Å². The first-order valence-corrected chi connectivity index (χ1v) is 8.95. The molecule has 0 fully saturated rings. The molecule has 2 rings (SSSR count). The van der Waals surface area contributed by atoms with Crippen molar-refractivity contribution in [1.29, 1.82) is 5.26 Å². The number of aryl methyl sites for hydroxylation is 1. The monoisotopic (exact) mass is 381 g/mol. The quantitative estimate of drug-likeness (QED) is 0.379. The van der Waals surface area contributed by atoms with Crippen molar-refractivity contribution in [2.24, 2.45) is 0 Å². The molecule has 0 spiro atoms. The van der Waals surface area contributed by atoms with Crippen molar-refractivity contribution in [1.82, 2.24) is 0 Å². The third-order valence-electron chi connectivity index (χ3n) is 3.92. The molecule has 0 bridgehead atoms. The van der Waals surface area contributed by atoms with Gasteiger partial charge in [0.1, 0.15) is 30.6 Å². The van der Waals surface area contributed by atoms with E-state index in [0.717, 1.165) is 18.6 Å². The summed E-state index contributed by atoms with van der Waals surface area (Å²) in [5.41, 5.74) is 1.45. The zero-order chi connectivity index (χ0) is 20.4. The Labute approximate surface area is 164 Å². The molecule has 0 heterocycles. The van der Waals surface area contributed by atoms with Gasteiger partial charge in [0, 0.05) is 0 Å². The first-order chi connectivity index (χ1) is 13.6. The van der Waals surface area contributed by atoms with Crippen molar-refractivity contribution in [3.63, 3.8) is 0 Å². The summed E-state index contributed by atoms with van der Waals surface area (Å²) in [6, 6.07) is 14.6. The van der Waals surface area contributed by atoms with Crippen molar-refractivity contribution in [2.75, 3.05) is 20.3 Å². The minimum atomic E-state index is -1.28. The highest BCUT2D eigenvalue weighted by molar-refractivity contribution is 5.96. The maximum atomic E-state index is 11.0. The minimum Gasteiger partial charge on any atom is -0.493 e. The number of hydrogen-bond donors (Lipinski definition) is 1. The van der Waals surface area contributed by atoms with Crippen LogP contribution in [0.2, 0.25) is 0 Å². The molecule has 28 heavy (non-hydrogen) atoms. The molecule has 1 N–H and O–H groups in total. The van der Waals surface area contributed by atoms with Crippen LogP contribution in [0.5, 0.6) is 17.2 Å². The molecule has 6 nitrogen and oxygen atoms in total. The van der Waals surface area contributed by atoms with E-state index in [4.69, 9.17) is 24.6 Å². The maximum absolute atomic E-state index is 11.0. The highest BCUT2D eigenvalue weighted by Gasteiger charge is 2.09. The fourth-order valence-corrected chi connectivity index (χ4v) is 2.56. The van der Waals surface area contributed by atoms with Gasteiger partial charge in [-0.3, -0.25) is 0 Å². The summed E-state index contributed by atoms with van der Waals surface area (Å²) in [4.78, 5) is 11.0. The van der Waals surface area contributed by atoms with E-state index in [0.29, 0.717) is 23.7 Å². The summed E-state index contributed by atoms with van der Waals surface area (Å²) in [6.07, 6.45) is 3.43. The van der Waals surface area contributed by atoms with Crippen molar-refractivity contribution >= 4 is 12.0 Å². The van der Waals surface area contributed by atoms with Gasteiger partial charge in [0.15, 0.2) is 11.5 Å². The molecule has 0 amide bonds. The first-order valence-electron chi connectivity index (χ1n) is 8.95. The number of nitriles is 1. The number of carbonyl (C=O) groups is 1. The number of ether oxygens (including phenoxy) is 3. The largest absolute Gasteiger partial charge is 0.493 e. The van der Waals surface area contributed by atoms with Crippen LogP contribution in [-0.2, 0) is 11.2 Å². The van der Waals surface area contributed by atoms with E-state index >= 15 is 0 Å².